The number of terminal acetylenes is 1. The van der Waals surface area contributed by atoms with E-state index in [2.05, 4.69) is 68.2 Å². The van der Waals surface area contributed by atoms with Gasteiger partial charge in [0.25, 0.3) is 0 Å². The van der Waals surface area contributed by atoms with Crippen LogP contribution in [-0.4, -0.2) is 6.54 Å². The number of benzene rings is 1. The van der Waals surface area contributed by atoms with Crippen LogP contribution in [0.4, 0.5) is 0 Å². The lowest BCUT2D eigenvalue weighted by Crippen LogP contribution is -2.22. The van der Waals surface area contributed by atoms with E-state index < -0.39 is 0 Å². The lowest BCUT2D eigenvalue weighted by atomic mass is 10.0. The molecule has 0 aliphatic carbocycles. The minimum Gasteiger partial charge on any atom is -0.310 e. The monoisotopic (exact) mass is 371 g/mol. The Morgan fingerprint density at radius 1 is 1.39 bits per heavy atom. The van der Waals surface area contributed by atoms with Crippen LogP contribution in [0.1, 0.15) is 44.2 Å². The molecule has 18 heavy (non-hydrogen) atoms. The van der Waals surface area contributed by atoms with Gasteiger partial charge in [-0.25, -0.2) is 0 Å². The number of nitrogens with one attached hydrogen (secondary N) is 1. The molecule has 0 heterocycles. The van der Waals surface area contributed by atoms with E-state index >= 15 is 0 Å². The van der Waals surface area contributed by atoms with Crippen molar-refractivity contribution < 1.29 is 0 Å². The van der Waals surface area contributed by atoms with E-state index in [-0.39, 0.29) is 0 Å². The fraction of sp³-hybridized carbons (Fsp3) is 0.467. The average Bonchev–Trinajstić information content (AvgIpc) is 2.34. The van der Waals surface area contributed by atoms with Gasteiger partial charge >= 0.3 is 0 Å². The first-order valence-corrected chi connectivity index (χ1v) is 7.89. The van der Waals surface area contributed by atoms with Gasteiger partial charge in [0, 0.05) is 21.4 Å². The molecule has 0 aliphatic rings. The quantitative estimate of drug-likeness (QED) is 0.521. The third-order valence-electron chi connectivity index (χ3n) is 2.79. The molecule has 1 rings (SSSR count). The summed E-state index contributed by atoms with van der Waals surface area (Å²) >= 11 is 7.12. The Hall–Kier alpha value is -0.300. The van der Waals surface area contributed by atoms with Crippen LogP contribution in [0, 0.1) is 12.3 Å². The predicted octanol–water partition coefficient (Wildman–Crippen LogP) is 5.06. The zero-order chi connectivity index (χ0) is 13.4. The van der Waals surface area contributed by atoms with E-state index in [1.165, 1.54) is 5.56 Å². The topological polar surface area (TPSA) is 12.0 Å². The highest BCUT2D eigenvalue weighted by atomic mass is 79.9. The Labute approximate surface area is 127 Å². The summed E-state index contributed by atoms with van der Waals surface area (Å²) in [6.45, 7) is 3.21. The summed E-state index contributed by atoms with van der Waals surface area (Å²) in [7, 11) is 0. The molecule has 1 aromatic rings. The summed E-state index contributed by atoms with van der Waals surface area (Å²) in [5.41, 5.74) is 1.31. The molecule has 1 unspecified atom stereocenters. The zero-order valence-electron chi connectivity index (χ0n) is 10.7. The molecule has 0 spiro atoms. The Bertz CT molecular complexity index is 409. The second-order valence-corrected chi connectivity index (χ2v) is 6.04. The molecule has 1 aromatic carbocycles. The molecule has 0 bridgehead atoms. The van der Waals surface area contributed by atoms with E-state index in [1.807, 2.05) is 0 Å². The molecule has 1 nitrogen and oxygen atoms in total. The molecule has 0 radical (unpaired) electrons. The van der Waals surface area contributed by atoms with Gasteiger partial charge in [-0.15, -0.1) is 12.3 Å². The van der Waals surface area contributed by atoms with Crippen LogP contribution in [0.25, 0.3) is 0 Å². The van der Waals surface area contributed by atoms with Gasteiger partial charge in [-0.2, -0.15) is 0 Å². The van der Waals surface area contributed by atoms with E-state index in [9.17, 15) is 0 Å². The number of hydrogen-bond donors (Lipinski definition) is 1. The molecule has 0 aromatic heterocycles. The summed E-state index contributed by atoms with van der Waals surface area (Å²) in [5.74, 6) is 2.71. The highest BCUT2D eigenvalue weighted by Gasteiger charge is 2.13. The van der Waals surface area contributed by atoms with Gasteiger partial charge in [0.05, 0.1) is 0 Å². The van der Waals surface area contributed by atoms with Gasteiger partial charge < -0.3 is 5.32 Å². The highest BCUT2D eigenvalue weighted by Crippen LogP contribution is 2.29. The Balaban J connectivity index is 2.76. The maximum absolute atomic E-state index is 5.32. The van der Waals surface area contributed by atoms with Crippen LogP contribution in [0.2, 0.25) is 0 Å². The molecule has 1 N–H and O–H groups in total. The van der Waals surface area contributed by atoms with Crippen LogP contribution in [0.5, 0.6) is 0 Å². The minimum absolute atomic E-state index is 0.376. The SMILES string of the molecule is C#CCCCC(NCCC)c1ccc(Br)cc1Br. The van der Waals surface area contributed by atoms with Gasteiger partial charge in [-0.3, -0.25) is 0 Å². The van der Waals surface area contributed by atoms with Gasteiger partial charge in [0.1, 0.15) is 0 Å². The van der Waals surface area contributed by atoms with Gasteiger partial charge in [0.2, 0.25) is 0 Å². The van der Waals surface area contributed by atoms with Crippen molar-refractivity contribution in [1.82, 2.24) is 5.32 Å². The normalized spacial score (nSPS) is 12.1. The summed E-state index contributed by atoms with van der Waals surface area (Å²) in [6.07, 6.45) is 9.43. The van der Waals surface area contributed by atoms with Crippen molar-refractivity contribution in [2.24, 2.45) is 0 Å². The standard InChI is InChI=1S/C15H19Br2N/c1-3-5-6-7-15(18-10-4-2)13-9-8-12(16)11-14(13)17/h1,8-9,11,15,18H,4-7,10H2,2H3. The Morgan fingerprint density at radius 2 is 2.17 bits per heavy atom. The molecular formula is C15H19Br2N. The first-order chi connectivity index (χ1) is 8.69. The van der Waals surface area contributed by atoms with Crippen molar-refractivity contribution in [3.05, 3.63) is 32.7 Å². The lowest BCUT2D eigenvalue weighted by molar-refractivity contribution is 0.486. The molecule has 0 saturated heterocycles. The predicted molar refractivity (Wildman–Crippen MR) is 85.6 cm³/mol. The van der Waals surface area contributed by atoms with Crippen molar-refractivity contribution in [3.8, 4) is 12.3 Å². The maximum Gasteiger partial charge on any atom is 0.0331 e. The van der Waals surface area contributed by atoms with Crippen molar-refractivity contribution in [3.63, 3.8) is 0 Å². The van der Waals surface area contributed by atoms with E-state index in [0.29, 0.717) is 6.04 Å². The molecule has 0 aliphatic heterocycles. The van der Waals surface area contributed by atoms with Crippen LogP contribution < -0.4 is 5.32 Å². The van der Waals surface area contributed by atoms with Crippen molar-refractivity contribution in [1.29, 1.82) is 0 Å². The van der Waals surface area contributed by atoms with Crippen molar-refractivity contribution in [2.45, 2.75) is 38.6 Å². The average molecular weight is 373 g/mol. The second kappa shape index (κ2) is 8.74. The van der Waals surface area contributed by atoms with E-state index in [4.69, 9.17) is 6.42 Å². The molecule has 98 valence electrons. The smallest absolute Gasteiger partial charge is 0.0331 e. The molecular weight excluding hydrogens is 354 g/mol. The maximum atomic E-state index is 5.32. The minimum atomic E-state index is 0.376. The van der Waals surface area contributed by atoms with E-state index in [0.717, 1.165) is 41.2 Å². The van der Waals surface area contributed by atoms with Gasteiger partial charge in [-0.1, -0.05) is 44.8 Å². The zero-order valence-corrected chi connectivity index (χ0v) is 13.9. The molecule has 0 saturated carbocycles. The number of rotatable bonds is 7. The number of unbranched alkanes of at least 4 members (excludes halogenated alkanes) is 1. The summed E-state index contributed by atoms with van der Waals surface area (Å²) in [5, 5.41) is 3.59. The summed E-state index contributed by atoms with van der Waals surface area (Å²) < 4.78 is 2.24. The van der Waals surface area contributed by atoms with Crippen molar-refractivity contribution >= 4 is 31.9 Å². The van der Waals surface area contributed by atoms with Crippen LogP contribution >= 0.6 is 31.9 Å². The number of hydrogen-bond acceptors (Lipinski definition) is 1. The lowest BCUT2D eigenvalue weighted by Gasteiger charge is -2.20. The first kappa shape index (κ1) is 15.8. The van der Waals surface area contributed by atoms with Crippen LogP contribution in [0.3, 0.4) is 0 Å². The van der Waals surface area contributed by atoms with Crippen molar-refractivity contribution in [2.75, 3.05) is 6.54 Å². The molecule has 3 heteroatoms. The second-order valence-electron chi connectivity index (χ2n) is 4.27. The summed E-state index contributed by atoms with van der Waals surface area (Å²) in [4.78, 5) is 0. The van der Waals surface area contributed by atoms with Crippen LogP contribution in [-0.2, 0) is 0 Å². The third-order valence-corrected chi connectivity index (χ3v) is 3.97. The van der Waals surface area contributed by atoms with E-state index in [1.54, 1.807) is 0 Å². The fourth-order valence-electron chi connectivity index (χ4n) is 1.88. The summed E-state index contributed by atoms with van der Waals surface area (Å²) in [6, 6.07) is 6.72. The fourth-order valence-corrected chi connectivity index (χ4v) is 3.20. The largest absolute Gasteiger partial charge is 0.310 e. The molecule has 0 fully saturated rings. The third kappa shape index (κ3) is 5.14. The Morgan fingerprint density at radius 3 is 2.78 bits per heavy atom. The first-order valence-electron chi connectivity index (χ1n) is 6.30. The number of halogens is 2. The highest BCUT2D eigenvalue weighted by molar-refractivity contribution is 9.11. The van der Waals surface area contributed by atoms with Crippen LogP contribution in [0.15, 0.2) is 27.1 Å². The van der Waals surface area contributed by atoms with Gasteiger partial charge in [0.15, 0.2) is 0 Å². The molecule has 0 amide bonds. The Kier molecular flexibility index (Phi) is 7.65. The molecule has 1 atom stereocenters. The van der Waals surface area contributed by atoms with Gasteiger partial charge in [-0.05, 0) is 43.5 Å².